The first-order chi connectivity index (χ1) is 13.2. The normalized spacial score (nSPS) is 23.4. The van der Waals surface area contributed by atoms with Crippen LogP contribution in [0.1, 0.15) is 66.2 Å². The average Bonchev–Trinajstić information content (AvgIpc) is 2.91. The molecule has 6 nitrogen and oxygen atoms in total. The predicted octanol–water partition coefficient (Wildman–Crippen LogP) is 3.57. The van der Waals surface area contributed by atoms with Gasteiger partial charge in [0, 0.05) is 25.6 Å². The number of hydrogen-bond acceptors (Lipinski definition) is 5. The maximum absolute atomic E-state index is 12.7. The van der Waals surface area contributed by atoms with Crippen LogP contribution in [0, 0.1) is 11.8 Å². The average molecular weight is 395 g/mol. The van der Waals surface area contributed by atoms with Gasteiger partial charge >= 0.3 is 5.97 Å². The molecule has 2 fully saturated rings. The van der Waals surface area contributed by atoms with E-state index in [1.54, 1.807) is 5.06 Å². The maximum atomic E-state index is 12.7. The van der Waals surface area contributed by atoms with Crippen LogP contribution in [0.3, 0.4) is 0 Å². The van der Waals surface area contributed by atoms with Crippen molar-refractivity contribution in [1.82, 2.24) is 9.96 Å². The molecule has 1 spiro atoms. The Kier molecular flexibility index (Phi) is 8.07. The molecule has 0 aliphatic carbocycles. The second-order valence-corrected chi connectivity index (χ2v) is 8.97. The van der Waals surface area contributed by atoms with Crippen molar-refractivity contribution in [3.63, 3.8) is 0 Å². The van der Waals surface area contributed by atoms with E-state index in [1.807, 2.05) is 0 Å². The molecule has 6 heteroatoms. The molecule has 0 bridgehead atoms. The summed E-state index contributed by atoms with van der Waals surface area (Å²) in [5, 5.41) is 1.55. The van der Waals surface area contributed by atoms with Gasteiger partial charge in [0.2, 0.25) is 5.91 Å². The monoisotopic (exact) mass is 394 g/mol. The molecule has 160 valence electrons. The molecule has 2 unspecified atom stereocenters. The zero-order valence-corrected chi connectivity index (χ0v) is 18.3. The summed E-state index contributed by atoms with van der Waals surface area (Å²) >= 11 is 0. The van der Waals surface area contributed by atoms with E-state index in [9.17, 15) is 9.59 Å². The Morgan fingerprint density at radius 3 is 2.43 bits per heavy atom. The summed E-state index contributed by atoms with van der Waals surface area (Å²) < 4.78 is 5.04. The van der Waals surface area contributed by atoms with E-state index in [1.165, 1.54) is 12.7 Å². The fraction of sp³-hybridized carbons (Fsp3) is 0.818. The summed E-state index contributed by atoms with van der Waals surface area (Å²) in [4.78, 5) is 33.6. The molecule has 0 aromatic rings. The highest BCUT2D eigenvalue weighted by molar-refractivity contribution is 5.88. The van der Waals surface area contributed by atoms with Crippen LogP contribution in [0.2, 0.25) is 0 Å². The van der Waals surface area contributed by atoms with Crippen molar-refractivity contribution < 1.29 is 19.2 Å². The van der Waals surface area contributed by atoms with Crippen molar-refractivity contribution in [2.45, 2.75) is 77.8 Å². The minimum absolute atomic E-state index is 0.0945. The van der Waals surface area contributed by atoms with Gasteiger partial charge in [-0.05, 0) is 51.9 Å². The Balaban J connectivity index is 2.10. The van der Waals surface area contributed by atoms with E-state index < -0.39 is 11.5 Å². The highest BCUT2D eigenvalue weighted by atomic mass is 16.7. The van der Waals surface area contributed by atoms with Crippen LogP contribution >= 0.6 is 0 Å². The quantitative estimate of drug-likeness (QED) is 0.442. The van der Waals surface area contributed by atoms with Gasteiger partial charge in [0.05, 0.1) is 25.2 Å². The molecule has 0 aromatic carbocycles. The van der Waals surface area contributed by atoms with Crippen molar-refractivity contribution in [1.29, 1.82) is 0 Å². The topological polar surface area (TPSA) is 59.1 Å². The lowest BCUT2D eigenvalue weighted by Gasteiger charge is -2.47. The van der Waals surface area contributed by atoms with E-state index in [-0.39, 0.29) is 18.3 Å². The number of carbonyl (C=O) groups is 2. The zero-order valence-electron chi connectivity index (χ0n) is 18.3. The van der Waals surface area contributed by atoms with E-state index in [4.69, 9.17) is 9.57 Å². The highest BCUT2D eigenvalue weighted by Crippen LogP contribution is 2.45. The summed E-state index contributed by atoms with van der Waals surface area (Å²) in [5.74, 6) is -0.340. The first kappa shape index (κ1) is 22.9. The summed E-state index contributed by atoms with van der Waals surface area (Å²) in [6.45, 7) is 14.8. The molecular weight excluding hydrogens is 356 g/mol. The van der Waals surface area contributed by atoms with Gasteiger partial charge in [0.25, 0.3) is 0 Å². The van der Waals surface area contributed by atoms with Crippen LogP contribution < -0.4 is 0 Å². The number of hydrogen-bond donors (Lipinski definition) is 0. The third kappa shape index (κ3) is 5.15. The Labute approximate surface area is 170 Å². The molecule has 2 saturated heterocycles. The second kappa shape index (κ2) is 9.88. The molecular formula is C22H38N2O4. The zero-order chi connectivity index (χ0) is 20.9. The molecule has 1 amide bonds. The molecule has 2 rings (SSSR count). The Morgan fingerprint density at radius 2 is 1.89 bits per heavy atom. The van der Waals surface area contributed by atoms with E-state index >= 15 is 0 Å². The van der Waals surface area contributed by atoms with Crippen molar-refractivity contribution >= 4 is 11.9 Å². The number of likely N-dealkylation sites (tertiary alicyclic amines) is 1. The predicted molar refractivity (Wildman–Crippen MR) is 109 cm³/mol. The van der Waals surface area contributed by atoms with Gasteiger partial charge in [-0.25, -0.2) is 5.06 Å². The lowest BCUT2D eigenvalue weighted by molar-refractivity contribution is -0.225. The molecule has 0 radical (unpaired) electrons. The molecule has 0 N–H and O–H groups in total. The van der Waals surface area contributed by atoms with Gasteiger partial charge in [-0.1, -0.05) is 19.4 Å². The van der Waals surface area contributed by atoms with Crippen LogP contribution in [0.4, 0.5) is 0 Å². The van der Waals surface area contributed by atoms with Crippen LogP contribution in [-0.2, 0) is 19.2 Å². The number of methoxy groups -OCH3 is 1. The van der Waals surface area contributed by atoms with Crippen LogP contribution in [0.25, 0.3) is 0 Å². The largest absolute Gasteiger partial charge is 0.469 e. The number of ether oxygens (including phenoxy) is 1. The van der Waals surface area contributed by atoms with Gasteiger partial charge in [0.15, 0.2) is 0 Å². The van der Waals surface area contributed by atoms with Crippen molar-refractivity contribution in [2.24, 2.45) is 11.8 Å². The number of esters is 1. The van der Waals surface area contributed by atoms with E-state index in [2.05, 4.69) is 39.2 Å². The molecule has 28 heavy (non-hydrogen) atoms. The number of carbonyl (C=O) groups excluding carboxylic acids is 2. The van der Waals surface area contributed by atoms with Crippen LogP contribution in [0.5, 0.6) is 0 Å². The number of rotatable bonds is 9. The van der Waals surface area contributed by atoms with Gasteiger partial charge in [-0.3, -0.25) is 14.4 Å². The number of nitrogens with zero attached hydrogens (tertiary/aromatic N) is 2. The summed E-state index contributed by atoms with van der Waals surface area (Å²) in [6.07, 6.45) is 4.63. The smallest absolute Gasteiger partial charge is 0.311 e. The Bertz CT molecular complexity index is 567. The first-order valence-electron chi connectivity index (χ1n) is 10.6. The number of allylic oxidation sites excluding steroid dienone is 1. The van der Waals surface area contributed by atoms with Gasteiger partial charge < -0.3 is 9.64 Å². The molecule has 2 aliphatic heterocycles. The van der Waals surface area contributed by atoms with Gasteiger partial charge in [-0.2, -0.15) is 0 Å². The maximum Gasteiger partial charge on any atom is 0.311 e. The first-order valence-corrected chi connectivity index (χ1v) is 10.6. The standard InChI is InChI=1S/C22H38N2O4/c1-16(2)7-8-18(5)23-12-10-22(11-13-23)19(21(26)27-6)15-20(25)24(22)28-14-9-17(3)4/h17-19H,1,7-15H2,2-6H3. The van der Waals surface area contributed by atoms with E-state index in [0.29, 0.717) is 18.6 Å². The fourth-order valence-corrected chi connectivity index (χ4v) is 4.40. The van der Waals surface area contributed by atoms with Crippen molar-refractivity contribution in [2.75, 3.05) is 26.8 Å². The molecule has 2 aliphatic rings. The minimum Gasteiger partial charge on any atom is -0.469 e. The number of piperidine rings is 1. The summed E-state index contributed by atoms with van der Waals surface area (Å²) in [5.41, 5.74) is 0.628. The van der Waals surface area contributed by atoms with Gasteiger partial charge in [-0.15, -0.1) is 6.58 Å². The molecule has 2 atom stereocenters. The minimum atomic E-state index is -0.578. The third-order valence-corrected chi connectivity index (χ3v) is 6.34. The van der Waals surface area contributed by atoms with Gasteiger partial charge in [0.1, 0.15) is 0 Å². The Morgan fingerprint density at radius 1 is 1.25 bits per heavy atom. The molecule has 0 aromatic heterocycles. The highest BCUT2D eigenvalue weighted by Gasteiger charge is 2.58. The second-order valence-electron chi connectivity index (χ2n) is 8.97. The van der Waals surface area contributed by atoms with E-state index in [0.717, 1.165) is 45.2 Å². The van der Waals surface area contributed by atoms with Crippen LogP contribution in [-0.4, -0.2) is 60.2 Å². The number of hydroxylamine groups is 2. The summed E-state index contributed by atoms with van der Waals surface area (Å²) in [6, 6.07) is 0.457. The molecule has 2 heterocycles. The third-order valence-electron chi connectivity index (χ3n) is 6.34. The lowest BCUT2D eigenvalue weighted by Crippen LogP contribution is -2.58. The number of amides is 1. The van der Waals surface area contributed by atoms with Crippen molar-refractivity contribution in [3.8, 4) is 0 Å². The van der Waals surface area contributed by atoms with Crippen molar-refractivity contribution in [3.05, 3.63) is 12.2 Å². The SMILES string of the molecule is C=C(C)CCC(C)N1CCC2(CC1)C(C(=O)OC)CC(=O)N2OCCC(C)C. The Hall–Kier alpha value is -1.40. The summed E-state index contributed by atoms with van der Waals surface area (Å²) in [7, 11) is 1.40. The lowest BCUT2D eigenvalue weighted by atomic mass is 9.77. The fourth-order valence-electron chi connectivity index (χ4n) is 4.40. The van der Waals surface area contributed by atoms with Crippen LogP contribution in [0.15, 0.2) is 12.2 Å². The molecule has 0 saturated carbocycles.